The van der Waals surface area contributed by atoms with Gasteiger partial charge in [0, 0.05) is 24.9 Å². The number of hydrogen-bond acceptors (Lipinski definition) is 7. The van der Waals surface area contributed by atoms with Gasteiger partial charge in [0.1, 0.15) is 17.4 Å². The van der Waals surface area contributed by atoms with Crippen molar-refractivity contribution in [3.63, 3.8) is 0 Å². The van der Waals surface area contributed by atoms with Gasteiger partial charge in [-0.15, -0.1) is 0 Å². The van der Waals surface area contributed by atoms with Gasteiger partial charge in [-0.05, 0) is 31.4 Å². The number of esters is 1. The maximum absolute atomic E-state index is 13.3. The summed E-state index contributed by atoms with van der Waals surface area (Å²) in [5.41, 5.74) is 1.98. The van der Waals surface area contributed by atoms with Gasteiger partial charge in [0.05, 0.1) is 31.6 Å². The highest BCUT2D eigenvalue weighted by Gasteiger charge is 2.29. The number of likely N-dealkylation sites (tertiary alicyclic amines) is 1. The predicted molar refractivity (Wildman–Crippen MR) is 109 cm³/mol. The van der Waals surface area contributed by atoms with Gasteiger partial charge in [-0.3, -0.25) is 4.79 Å². The minimum absolute atomic E-state index is 0.170. The van der Waals surface area contributed by atoms with Crippen LogP contribution in [0.1, 0.15) is 39.1 Å². The van der Waals surface area contributed by atoms with Gasteiger partial charge in [-0.2, -0.15) is 15.0 Å². The summed E-state index contributed by atoms with van der Waals surface area (Å²) < 4.78 is 10.9. The fraction of sp³-hybridized carbons (Fsp3) is 0.318. The summed E-state index contributed by atoms with van der Waals surface area (Å²) in [4.78, 5) is 32.8. The molecule has 9 nitrogen and oxygen atoms in total. The summed E-state index contributed by atoms with van der Waals surface area (Å²) in [6, 6.07) is 10.6. The zero-order valence-corrected chi connectivity index (χ0v) is 17.2. The molecule has 1 atom stereocenters. The predicted octanol–water partition coefficient (Wildman–Crippen LogP) is 2.04. The number of hydrogen-bond donors (Lipinski definition) is 0. The van der Waals surface area contributed by atoms with E-state index in [-0.39, 0.29) is 17.9 Å². The number of amides is 1. The maximum atomic E-state index is 13.3. The molecule has 0 bridgehead atoms. The van der Waals surface area contributed by atoms with E-state index in [0.717, 1.165) is 12.8 Å². The topological polar surface area (TPSA) is 99.4 Å². The van der Waals surface area contributed by atoms with Crippen LogP contribution in [-0.4, -0.2) is 63.1 Å². The van der Waals surface area contributed by atoms with Crippen LogP contribution in [0.5, 0.6) is 5.88 Å². The van der Waals surface area contributed by atoms with Gasteiger partial charge >= 0.3 is 5.97 Å². The van der Waals surface area contributed by atoms with Crippen LogP contribution in [0.2, 0.25) is 0 Å². The van der Waals surface area contributed by atoms with Crippen molar-refractivity contribution in [2.45, 2.75) is 25.9 Å². The number of methoxy groups -OCH3 is 1. The third kappa shape index (κ3) is 4.19. The normalized spacial score (nSPS) is 15.8. The Morgan fingerprint density at radius 3 is 2.71 bits per heavy atom. The summed E-state index contributed by atoms with van der Waals surface area (Å²) in [6.45, 7) is 2.75. The number of pyridine rings is 1. The highest BCUT2D eigenvalue weighted by molar-refractivity contribution is 5.97. The summed E-state index contributed by atoms with van der Waals surface area (Å²) in [6.07, 6.45) is 5.87. The minimum Gasteiger partial charge on any atom is -0.472 e. The molecule has 3 heterocycles. The van der Waals surface area contributed by atoms with Crippen molar-refractivity contribution in [2.24, 2.45) is 0 Å². The van der Waals surface area contributed by atoms with E-state index in [1.165, 1.54) is 11.9 Å². The van der Waals surface area contributed by atoms with Crippen LogP contribution in [0.4, 0.5) is 0 Å². The van der Waals surface area contributed by atoms with Crippen LogP contribution in [0, 0.1) is 19.1 Å². The molecule has 1 aliphatic heterocycles. The molecule has 3 aromatic rings. The first-order chi connectivity index (χ1) is 15.1. The van der Waals surface area contributed by atoms with E-state index in [1.54, 1.807) is 48.6 Å². The summed E-state index contributed by atoms with van der Waals surface area (Å²) in [7, 11) is 1.32. The van der Waals surface area contributed by atoms with Crippen molar-refractivity contribution < 1.29 is 19.1 Å². The third-order valence-electron chi connectivity index (χ3n) is 5.11. The monoisotopic (exact) mass is 419 g/mol. The van der Waals surface area contributed by atoms with E-state index < -0.39 is 5.97 Å². The van der Waals surface area contributed by atoms with E-state index in [0.29, 0.717) is 35.5 Å². The molecule has 31 heavy (non-hydrogen) atoms. The van der Waals surface area contributed by atoms with Crippen molar-refractivity contribution in [2.75, 3.05) is 20.2 Å². The number of carbonyl (C=O) groups excluding carboxylic acids is 2. The molecule has 1 amide bonds. The Morgan fingerprint density at radius 1 is 1.16 bits per heavy atom. The number of piperidine rings is 1. The van der Waals surface area contributed by atoms with E-state index >= 15 is 0 Å². The Hall–Kier alpha value is -3.93. The first kappa shape index (κ1) is 20.3. The molecule has 0 saturated carbocycles. The molecule has 1 fully saturated rings. The van der Waals surface area contributed by atoms with Crippen LogP contribution < -0.4 is 4.74 Å². The van der Waals surface area contributed by atoms with Gasteiger partial charge < -0.3 is 14.4 Å². The van der Waals surface area contributed by atoms with Crippen molar-refractivity contribution in [3.05, 3.63) is 65.6 Å². The SMILES string of the molecule is COC(=O)c1c(C)ccnc1O[C@@H]1CCCN(C(=O)c2cc#ccc2-n2nccn2)C1. The highest BCUT2D eigenvalue weighted by atomic mass is 16.5. The number of ether oxygens (including phenoxy) is 2. The average molecular weight is 419 g/mol. The van der Waals surface area contributed by atoms with Crippen molar-refractivity contribution in [3.8, 4) is 11.6 Å². The number of aryl methyl sites for hydroxylation is 1. The van der Waals surface area contributed by atoms with Gasteiger partial charge in [0.25, 0.3) is 5.91 Å². The fourth-order valence-corrected chi connectivity index (χ4v) is 3.57. The Labute approximate surface area is 179 Å². The standard InChI is InChI=1S/C22H21N5O4/c1-15-9-10-23-20(19(15)22(29)30-2)31-16-6-5-13-26(14-16)21(28)17-7-3-4-8-18(17)27-24-11-12-25-27/h7-12,16H,5-6,13-14H2,1-2H3/t16-/m1/s1. The van der Waals surface area contributed by atoms with E-state index in [4.69, 9.17) is 9.47 Å². The van der Waals surface area contributed by atoms with Gasteiger partial charge in [0.15, 0.2) is 0 Å². The lowest BCUT2D eigenvalue weighted by atomic mass is 10.1. The lowest BCUT2D eigenvalue weighted by Gasteiger charge is -2.33. The first-order valence-electron chi connectivity index (χ1n) is 9.86. The molecule has 0 N–H and O–H groups in total. The van der Waals surface area contributed by atoms with Crippen molar-refractivity contribution in [1.29, 1.82) is 0 Å². The second kappa shape index (κ2) is 8.83. The van der Waals surface area contributed by atoms with Crippen molar-refractivity contribution in [1.82, 2.24) is 24.9 Å². The molecule has 0 radical (unpaired) electrons. The van der Waals surface area contributed by atoms with Gasteiger partial charge in [-0.1, -0.05) is 12.1 Å². The molecule has 158 valence electrons. The molecule has 1 saturated heterocycles. The van der Waals surface area contributed by atoms with E-state index in [2.05, 4.69) is 27.3 Å². The molecule has 1 aromatic carbocycles. The molecule has 4 rings (SSSR count). The van der Waals surface area contributed by atoms with Crippen molar-refractivity contribution >= 4 is 11.9 Å². The summed E-state index contributed by atoms with van der Waals surface area (Å²) >= 11 is 0. The Balaban J connectivity index is 1.54. The Bertz CT molecular complexity index is 1080. The van der Waals surface area contributed by atoms with Crippen LogP contribution in [0.3, 0.4) is 0 Å². The molecule has 1 aliphatic rings. The van der Waals surface area contributed by atoms with Crippen LogP contribution >= 0.6 is 0 Å². The molecule has 9 heteroatoms. The lowest BCUT2D eigenvalue weighted by molar-refractivity contribution is 0.0497. The van der Waals surface area contributed by atoms with Crippen LogP contribution in [-0.2, 0) is 4.74 Å². The average Bonchev–Trinajstić information content (AvgIpc) is 3.33. The fourth-order valence-electron chi connectivity index (χ4n) is 3.57. The summed E-state index contributed by atoms with van der Waals surface area (Å²) in [5, 5.41) is 8.22. The molecule has 0 spiro atoms. The van der Waals surface area contributed by atoms with E-state index in [9.17, 15) is 9.59 Å². The third-order valence-corrected chi connectivity index (χ3v) is 5.11. The van der Waals surface area contributed by atoms with Gasteiger partial charge in [-0.25, -0.2) is 9.78 Å². The number of rotatable bonds is 5. The Morgan fingerprint density at radius 2 is 1.94 bits per heavy atom. The first-order valence-corrected chi connectivity index (χ1v) is 9.86. The molecule has 0 unspecified atom stereocenters. The smallest absolute Gasteiger partial charge is 0.343 e. The lowest BCUT2D eigenvalue weighted by Crippen LogP contribution is -2.44. The van der Waals surface area contributed by atoms with Gasteiger partial charge in [0.2, 0.25) is 5.88 Å². The number of carbonyl (C=O) groups is 2. The summed E-state index contributed by atoms with van der Waals surface area (Å²) in [5.74, 6) is -0.455. The Kier molecular flexibility index (Phi) is 5.80. The molecular weight excluding hydrogens is 398 g/mol. The number of aromatic nitrogens is 4. The largest absolute Gasteiger partial charge is 0.472 e. The van der Waals surface area contributed by atoms with E-state index in [1.807, 2.05) is 0 Å². The zero-order chi connectivity index (χ0) is 21.8. The second-order valence-electron chi connectivity index (χ2n) is 7.13. The van der Waals surface area contributed by atoms with Crippen LogP contribution in [0.15, 0.2) is 36.8 Å². The maximum Gasteiger partial charge on any atom is 0.343 e. The minimum atomic E-state index is -0.503. The molecule has 2 aromatic heterocycles. The number of nitrogens with zero attached hydrogens (tertiary/aromatic N) is 5. The molecular formula is C22H21N5O4. The highest BCUT2D eigenvalue weighted by Crippen LogP contribution is 2.25. The quantitative estimate of drug-likeness (QED) is 0.584. The van der Waals surface area contributed by atoms with Crippen LogP contribution in [0.25, 0.3) is 5.69 Å². The second-order valence-corrected chi connectivity index (χ2v) is 7.13. The molecule has 0 aliphatic carbocycles. The zero-order valence-electron chi connectivity index (χ0n) is 17.2.